The van der Waals surface area contributed by atoms with Crippen molar-refractivity contribution in [1.82, 2.24) is 0 Å². The third kappa shape index (κ3) is 4.28. The summed E-state index contributed by atoms with van der Waals surface area (Å²) < 4.78 is 12.4. The van der Waals surface area contributed by atoms with E-state index in [-0.39, 0.29) is 0 Å². The van der Waals surface area contributed by atoms with Crippen molar-refractivity contribution in [3.05, 3.63) is 58.1 Å². The maximum Gasteiger partial charge on any atom is 0.122 e. The van der Waals surface area contributed by atoms with Gasteiger partial charge in [0, 0.05) is 4.47 Å². The number of hydrogen-bond acceptors (Lipinski definition) is 2. The maximum atomic E-state index is 5.70. The van der Waals surface area contributed by atoms with Crippen LogP contribution in [0.5, 0.6) is 11.5 Å². The minimum Gasteiger partial charge on any atom is -0.490 e. The Bertz CT molecular complexity index is 535. The number of rotatable bonds is 5. The molecule has 3 heteroatoms. The minimum absolute atomic E-state index is 0.537. The maximum absolute atomic E-state index is 5.70. The second-order valence-corrected chi connectivity index (χ2v) is 5.34. The van der Waals surface area contributed by atoms with Crippen molar-refractivity contribution in [2.45, 2.75) is 13.8 Å². The molecule has 0 fully saturated rings. The summed E-state index contributed by atoms with van der Waals surface area (Å²) in [5, 5.41) is 0. The predicted molar refractivity (Wildman–Crippen MR) is 81.0 cm³/mol. The van der Waals surface area contributed by atoms with Gasteiger partial charge in [-0.1, -0.05) is 33.6 Å². The average Bonchev–Trinajstić information content (AvgIpc) is 2.39. The lowest BCUT2D eigenvalue weighted by atomic mass is 10.1. The van der Waals surface area contributed by atoms with Crippen LogP contribution in [0, 0.1) is 13.8 Å². The molecule has 0 unspecified atom stereocenters. The molecule has 0 heterocycles. The van der Waals surface area contributed by atoms with Gasteiger partial charge in [-0.05, 0) is 49.7 Å². The van der Waals surface area contributed by atoms with Crippen LogP contribution in [-0.2, 0) is 0 Å². The molecule has 2 aromatic carbocycles. The number of hydrogen-bond donors (Lipinski definition) is 0. The molecule has 0 aliphatic rings. The van der Waals surface area contributed by atoms with Crippen molar-refractivity contribution >= 4 is 15.9 Å². The summed E-state index contributed by atoms with van der Waals surface area (Å²) in [5.41, 5.74) is 2.40. The molecule has 0 aromatic heterocycles. The Kier molecular flexibility index (Phi) is 4.86. The Balaban J connectivity index is 1.79. The number of halogens is 1. The van der Waals surface area contributed by atoms with E-state index in [2.05, 4.69) is 41.9 Å². The van der Waals surface area contributed by atoms with Crippen LogP contribution in [0.3, 0.4) is 0 Å². The Morgan fingerprint density at radius 3 is 2.26 bits per heavy atom. The lowest BCUT2D eigenvalue weighted by molar-refractivity contribution is 0.216. The van der Waals surface area contributed by atoms with Gasteiger partial charge in [0.25, 0.3) is 0 Å². The summed E-state index contributed by atoms with van der Waals surface area (Å²) in [6, 6.07) is 14.0. The van der Waals surface area contributed by atoms with Gasteiger partial charge in [-0.3, -0.25) is 0 Å². The fourth-order valence-corrected chi connectivity index (χ4v) is 2.07. The second kappa shape index (κ2) is 6.62. The van der Waals surface area contributed by atoms with E-state index >= 15 is 0 Å². The molecule has 0 saturated carbocycles. The first kappa shape index (κ1) is 13.9. The largest absolute Gasteiger partial charge is 0.490 e. The molecular weight excluding hydrogens is 304 g/mol. The summed E-state index contributed by atoms with van der Waals surface area (Å²) in [6.45, 7) is 5.21. The Labute approximate surface area is 122 Å². The molecule has 2 nitrogen and oxygen atoms in total. The highest BCUT2D eigenvalue weighted by atomic mass is 79.9. The number of ether oxygens (including phenoxy) is 2. The van der Waals surface area contributed by atoms with Crippen molar-refractivity contribution in [3.8, 4) is 11.5 Å². The van der Waals surface area contributed by atoms with Crippen LogP contribution in [0.25, 0.3) is 0 Å². The number of aryl methyl sites for hydroxylation is 2. The summed E-state index contributed by atoms with van der Waals surface area (Å²) in [6.07, 6.45) is 0. The molecule has 0 amide bonds. The van der Waals surface area contributed by atoms with Gasteiger partial charge in [0.15, 0.2) is 0 Å². The van der Waals surface area contributed by atoms with Gasteiger partial charge in [-0.25, -0.2) is 0 Å². The first-order valence-corrected chi connectivity index (χ1v) is 7.03. The van der Waals surface area contributed by atoms with Crippen LogP contribution in [0.15, 0.2) is 46.9 Å². The van der Waals surface area contributed by atoms with E-state index in [0.717, 1.165) is 21.5 Å². The molecule has 0 atom stereocenters. The van der Waals surface area contributed by atoms with Crippen LogP contribution in [-0.4, -0.2) is 13.2 Å². The first-order valence-electron chi connectivity index (χ1n) is 6.23. The molecule has 0 spiro atoms. The highest BCUT2D eigenvalue weighted by molar-refractivity contribution is 9.10. The van der Waals surface area contributed by atoms with Gasteiger partial charge in [0.1, 0.15) is 24.7 Å². The Hall–Kier alpha value is -1.48. The van der Waals surface area contributed by atoms with Crippen molar-refractivity contribution in [2.75, 3.05) is 13.2 Å². The van der Waals surface area contributed by atoms with Crippen LogP contribution >= 0.6 is 15.9 Å². The van der Waals surface area contributed by atoms with Crippen LogP contribution < -0.4 is 9.47 Å². The van der Waals surface area contributed by atoms with E-state index in [9.17, 15) is 0 Å². The van der Waals surface area contributed by atoms with E-state index in [1.165, 1.54) is 5.56 Å². The molecule has 0 aliphatic carbocycles. The third-order valence-electron chi connectivity index (χ3n) is 2.75. The topological polar surface area (TPSA) is 18.5 Å². The van der Waals surface area contributed by atoms with Crippen molar-refractivity contribution in [2.24, 2.45) is 0 Å². The SMILES string of the molecule is Cc1ccc(OCCOc2ccc(Br)cc2)c(C)c1. The van der Waals surface area contributed by atoms with Crippen molar-refractivity contribution < 1.29 is 9.47 Å². The van der Waals surface area contributed by atoms with E-state index in [4.69, 9.17) is 9.47 Å². The summed E-state index contributed by atoms with van der Waals surface area (Å²) >= 11 is 3.39. The molecule has 2 rings (SSSR count). The van der Waals surface area contributed by atoms with E-state index in [1.807, 2.05) is 30.3 Å². The van der Waals surface area contributed by atoms with Crippen LogP contribution in [0.4, 0.5) is 0 Å². The molecule has 0 bridgehead atoms. The molecule has 2 aromatic rings. The average molecular weight is 321 g/mol. The molecule has 19 heavy (non-hydrogen) atoms. The van der Waals surface area contributed by atoms with Crippen LogP contribution in [0.2, 0.25) is 0 Å². The second-order valence-electron chi connectivity index (χ2n) is 4.42. The zero-order valence-electron chi connectivity index (χ0n) is 11.2. The number of benzene rings is 2. The minimum atomic E-state index is 0.537. The van der Waals surface area contributed by atoms with Gasteiger partial charge in [0.2, 0.25) is 0 Å². The Morgan fingerprint density at radius 1 is 0.895 bits per heavy atom. The molecule has 0 aliphatic heterocycles. The third-order valence-corrected chi connectivity index (χ3v) is 3.28. The summed E-state index contributed by atoms with van der Waals surface area (Å²) in [4.78, 5) is 0. The zero-order chi connectivity index (χ0) is 13.7. The van der Waals surface area contributed by atoms with Crippen molar-refractivity contribution in [3.63, 3.8) is 0 Å². The lowest BCUT2D eigenvalue weighted by Crippen LogP contribution is -2.09. The quantitative estimate of drug-likeness (QED) is 0.754. The molecule has 0 saturated heterocycles. The molecule has 100 valence electrons. The van der Waals surface area contributed by atoms with Gasteiger partial charge in [-0.2, -0.15) is 0 Å². The van der Waals surface area contributed by atoms with Gasteiger partial charge in [-0.15, -0.1) is 0 Å². The Morgan fingerprint density at radius 2 is 1.58 bits per heavy atom. The molecular formula is C16H17BrO2. The van der Waals surface area contributed by atoms with E-state index in [0.29, 0.717) is 13.2 Å². The van der Waals surface area contributed by atoms with Crippen LogP contribution in [0.1, 0.15) is 11.1 Å². The van der Waals surface area contributed by atoms with Crippen molar-refractivity contribution in [1.29, 1.82) is 0 Å². The van der Waals surface area contributed by atoms with E-state index in [1.54, 1.807) is 0 Å². The highest BCUT2D eigenvalue weighted by Gasteiger charge is 2.00. The molecule has 0 radical (unpaired) electrons. The first-order chi connectivity index (χ1) is 9.15. The van der Waals surface area contributed by atoms with Gasteiger partial charge >= 0.3 is 0 Å². The lowest BCUT2D eigenvalue weighted by Gasteiger charge is -2.10. The monoisotopic (exact) mass is 320 g/mol. The normalized spacial score (nSPS) is 10.3. The van der Waals surface area contributed by atoms with E-state index < -0.39 is 0 Å². The standard InChI is InChI=1S/C16H17BrO2/c1-12-3-8-16(13(2)11-12)19-10-9-18-15-6-4-14(17)5-7-15/h3-8,11H,9-10H2,1-2H3. The fraction of sp³-hybridized carbons (Fsp3) is 0.250. The smallest absolute Gasteiger partial charge is 0.122 e. The predicted octanol–water partition coefficient (Wildman–Crippen LogP) is 4.52. The molecule has 0 N–H and O–H groups in total. The summed E-state index contributed by atoms with van der Waals surface area (Å²) in [7, 11) is 0. The zero-order valence-corrected chi connectivity index (χ0v) is 12.7. The summed E-state index contributed by atoms with van der Waals surface area (Å²) in [5.74, 6) is 1.78. The van der Waals surface area contributed by atoms with Gasteiger partial charge < -0.3 is 9.47 Å². The highest BCUT2D eigenvalue weighted by Crippen LogP contribution is 2.19. The van der Waals surface area contributed by atoms with Gasteiger partial charge in [0.05, 0.1) is 0 Å². The fourth-order valence-electron chi connectivity index (χ4n) is 1.80.